The number of carbonyl (C=O) groups excluding carboxylic acids is 3. The van der Waals surface area contributed by atoms with E-state index in [2.05, 4.69) is 20.3 Å². The zero-order chi connectivity index (χ0) is 34.1. The van der Waals surface area contributed by atoms with Crippen molar-refractivity contribution in [1.29, 1.82) is 0 Å². The van der Waals surface area contributed by atoms with Gasteiger partial charge < -0.3 is 30.3 Å². The minimum Gasteiger partial charge on any atom is -0.477 e. The van der Waals surface area contributed by atoms with Crippen molar-refractivity contribution in [3.05, 3.63) is 65.1 Å². The summed E-state index contributed by atoms with van der Waals surface area (Å²) in [5, 5.41) is 7.04. The standard InChI is InChI=1S/C31H42N8O7S/c1-5-25-26(27(28(32)40)35-39(25)18-13-36(4)31(42)46-21-22-11-9-8-10-12-22)34-29(41)24-19-23(20-33-30(24)45-7-3)47(43,44)38-16-14-37(6-2)15-17-38/h8-12,19-20H,5-7,13-18,21H2,1-4H3,(H2,32,40)(H,34,41). The highest BCUT2D eigenvalue weighted by molar-refractivity contribution is 7.89. The highest BCUT2D eigenvalue weighted by atomic mass is 32.2. The molecule has 0 atom stereocenters. The molecule has 1 aliphatic heterocycles. The molecule has 3 heterocycles. The number of benzene rings is 1. The summed E-state index contributed by atoms with van der Waals surface area (Å²) in [5.74, 6) is -1.70. The van der Waals surface area contributed by atoms with E-state index in [9.17, 15) is 22.8 Å². The van der Waals surface area contributed by atoms with Crippen LogP contribution in [0.15, 0.2) is 47.5 Å². The number of sulfonamides is 1. The Morgan fingerprint density at radius 2 is 1.77 bits per heavy atom. The van der Waals surface area contributed by atoms with Gasteiger partial charge in [0.15, 0.2) is 5.69 Å². The third-order valence-corrected chi connectivity index (χ3v) is 9.66. The molecule has 3 aromatic rings. The second kappa shape index (κ2) is 15.8. The largest absolute Gasteiger partial charge is 0.477 e. The lowest BCUT2D eigenvalue weighted by Crippen LogP contribution is -2.48. The lowest BCUT2D eigenvalue weighted by Gasteiger charge is -2.33. The molecule has 3 amide bonds. The summed E-state index contributed by atoms with van der Waals surface area (Å²) in [7, 11) is -2.38. The highest BCUT2D eigenvalue weighted by Crippen LogP contribution is 2.27. The molecular formula is C31H42N8O7S. The number of nitrogens with zero attached hydrogens (tertiary/aromatic N) is 6. The first-order chi connectivity index (χ1) is 22.5. The molecule has 15 nitrogen and oxygen atoms in total. The van der Waals surface area contributed by atoms with Gasteiger partial charge in [-0.2, -0.15) is 9.40 Å². The van der Waals surface area contributed by atoms with Crippen LogP contribution in [0, 0.1) is 0 Å². The number of rotatable bonds is 14. The number of nitrogens with two attached hydrogens (primary N) is 1. The number of aromatic nitrogens is 3. The minimum absolute atomic E-state index is 0.0681. The van der Waals surface area contributed by atoms with Crippen molar-refractivity contribution in [3.63, 3.8) is 0 Å². The average Bonchev–Trinajstić information content (AvgIpc) is 3.43. The quantitative estimate of drug-likeness (QED) is 0.258. The molecule has 1 fully saturated rings. The number of nitrogens with one attached hydrogen (secondary N) is 1. The van der Waals surface area contributed by atoms with Gasteiger partial charge in [0.05, 0.1) is 30.7 Å². The Kier molecular flexibility index (Phi) is 11.9. The molecule has 16 heteroatoms. The van der Waals surface area contributed by atoms with E-state index in [0.717, 1.165) is 12.1 Å². The Bertz CT molecular complexity index is 1670. The van der Waals surface area contributed by atoms with Gasteiger partial charge >= 0.3 is 6.09 Å². The predicted molar refractivity (Wildman–Crippen MR) is 174 cm³/mol. The summed E-state index contributed by atoms with van der Waals surface area (Å²) >= 11 is 0. The fraction of sp³-hybridized carbons (Fsp3) is 0.452. The predicted octanol–water partition coefficient (Wildman–Crippen LogP) is 2.19. The molecule has 0 unspecified atom stereocenters. The van der Waals surface area contributed by atoms with Gasteiger partial charge in [0.2, 0.25) is 15.9 Å². The Hall–Kier alpha value is -4.54. The second-order valence-electron chi connectivity index (χ2n) is 10.8. The van der Waals surface area contributed by atoms with E-state index in [4.69, 9.17) is 15.2 Å². The number of pyridine rings is 1. The maximum absolute atomic E-state index is 13.7. The summed E-state index contributed by atoms with van der Waals surface area (Å²) < 4.78 is 40.8. The fourth-order valence-corrected chi connectivity index (χ4v) is 6.51. The molecule has 1 aliphatic rings. The Morgan fingerprint density at radius 3 is 2.38 bits per heavy atom. The molecule has 1 aromatic carbocycles. The maximum Gasteiger partial charge on any atom is 0.409 e. The third-order valence-electron chi connectivity index (χ3n) is 7.80. The molecule has 0 spiro atoms. The van der Waals surface area contributed by atoms with Gasteiger partial charge in [0.1, 0.15) is 17.1 Å². The first-order valence-electron chi connectivity index (χ1n) is 15.5. The number of amides is 3. The van der Waals surface area contributed by atoms with Crippen molar-refractivity contribution in [3.8, 4) is 5.88 Å². The lowest BCUT2D eigenvalue weighted by molar-refractivity contribution is 0.0989. The molecular weight excluding hydrogens is 628 g/mol. The molecule has 0 bridgehead atoms. The fourth-order valence-electron chi connectivity index (χ4n) is 5.11. The van der Waals surface area contributed by atoms with E-state index in [-0.39, 0.29) is 54.0 Å². The van der Waals surface area contributed by atoms with Crippen LogP contribution in [-0.4, -0.2) is 108 Å². The van der Waals surface area contributed by atoms with Gasteiger partial charge in [-0.3, -0.25) is 14.3 Å². The van der Waals surface area contributed by atoms with Crippen molar-refractivity contribution in [2.45, 2.75) is 45.2 Å². The Labute approximate surface area is 274 Å². The summed E-state index contributed by atoms with van der Waals surface area (Å²) in [4.78, 5) is 46.3. The summed E-state index contributed by atoms with van der Waals surface area (Å²) in [6.07, 6.45) is 0.975. The van der Waals surface area contributed by atoms with Gasteiger partial charge in [-0.15, -0.1) is 0 Å². The van der Waals surface area contributed by atoms with Gasteiger partial charge in [0, 0.05) is 39.8 Å². The van der Waals surface area contributed by atoms with E-state index in [0.29, 0.717) is 38.3 Å². The summed E-state index contributed by atoms with van der Waals surface area (Å²) in [6.45, 7) is 8.81. The van der Waals surface area contributed by atoms with E-state index < -0.39 is 27.9 Å². The monoisotopic (exact) mass is 670 g/mol. The molecule has 47 heavy (non-hydrogen) atoms. The minimum atomic E-state index is -3.95. The van der Waals surface area contributed by atoms with Gasteiger partial charge in [-0.1, -0.05) is 44.2 Å². The average molecular weight is 671 g/mol. The van der Waals surface area contributed by atoms with Crippen LogP contribution in [0.4, 0.5) is 10.5 Å². The van der Waals surface area contributed by atoms with Crippen LogP contribution in [0.25, 0.3) is 0 Å². The third kappa shape index (κ3) is 8.44. The van der Waals surface area contributed by atoms with Crippen LogP contribution < -0.4 is 15.8 Å². The number of hydrogen-bond donors (Lipinski definition) is 2. The molecule has 1 saturated heterocycles. The number of carbonyl (C=O) groups is 3. The molecule has 4 rings (SSSR count). The van der Waals surface area contributed by atoms with Crippen LogP contribution in [-0.2, 0) is 34.3 Å². The smallest absolute Gasteiger partial charge is 0.409 e. The van der Waals surface area contributed by atoms with E-state index >= 15 is 0 Å². The van der Waals surface area contributed by atoms with Crippen LogP contribution in [0.1, 0.15) is 52.9 Å². The van der Waals surface area contributed by atoms with Crippen molar-refractivity contribution in [2.75, 3.05) is 58.2 Å². The number of primary amides is 1. The van der Waals surface area contributed by atoms with Gasteiger partial charge in [-0.05, 0) is 31.5 Å². The van der Waals surface area contributed by atoms with Crippen molar-refractivity contribution in [2.24, 2.45) is 5.73 Å². The van der Waals surface area contributed by atoms with Gasteiger partial charge in [-0.25, -0.2) is 18.2 Å². The summed E-state index contributed by atoms with van der Waals surface area (Å²) in [5.41, 5.74) is 6.73. The van der Waals surface area contributed by atoms with Crippen LogP contribution in [0.5, 0.6) is 5.88 Å². The number of piperazine rings is 1. The SMILES string of the molecule is CCOc1ncc(S(=O)(=O)N2CCN(CC)CC2)cc1C(=O)Nc1c(C(N)=O)nn(CCN(C)C(=O)OCc2ccccc2)c1CC. The molecule has 0 saturated carbocycles. The molecule has 0 radical (unpaired) electrons. The molecule has 0 aliphatic carbocycles. The van der Waals surface area contributed by atoms with Crippen molar-refractivity contribution < 1.29 is 32.3 Å². The van der Waals surface area contributed by atoms with Crippen LogP contribution in [0.2, 0.25) is 0 Å². The lowest BCUT2D eigenvalue weighted by atomic mass is 10.2. The highest BCUT2D eigenvalue weighted by Gasteiger charge is 2.31. The van der Waals surface area contributed by atoms with Crippen molar-refractivity contribution in [1.82, 2.24) is 28.9 Å². The topological polar surface area (TPSA) is 182 Å². The van der Waals surface area contributed by atoms with E-state index in [1.807, 2.05) is 44.2 Å². The van der Waals surface area contributed by atoms with E-state index in [1.54, 1.807) is 14.0 Å². The van der Waals surface area contributed by atoms with E-state index in [1.165, 1.54) is 26.2 Å². The normalized spacial score (nSPS) is 14.0. The number of ether oxygens (including phenoxy) is 2. The van der Waals surface area contributed by atoms with Crippen molar-refractivity contribution >= 4 is 33.6 Å². The first kappa shape index (κ1) is 35.3. The zero-order valence-electron chi connectivity index (χ0n) is 27.1. The van der Waals surface area contributed by atoms with Crippen LogP contribution >= 0.6 is 0 Å². The first-order valence-corrected chi connectivity index (χ1v) is 16.9. The number of likely N-dealkylation sites (N-methyl/N-ethyl adjacent to an activating group) is 2. The Morgan fingerprint density at radius 1 is 1.06 bits per heavy atom. The molecule has 254 valence electrons. The van der Waals surface area contributed by atoms with Crippen LogP contribution in [0.3, 0.4) is 0 Å². The van der Waals surface area contributed by atoms with Gasteiger partial charge in [0.25, 0.3) is 11.8 Å². The molecule has 3 N–H and O–H groups in total. The molecule has 2 aromatic heterocycles. The number of anilines is 1. The number of hydrogen-bond acceptors (Lipinski definition) is 10. The maximum atomic E-state index is 13.7. The summed E-state index contributed by atoms with van der Waals surface area (Å²) in [6, 6.07) is 10.5. The Balaban J connectivity index is 1.55. The second-order valence-corrected chi connectivity index (χ2v) is 12.8. The zero-order valence-corrected chi connectivity index (χ0v) is 28.0.